The second-order valence-electron chi connectivity index (χ2n) is 8.09. The molecule has 0 bridgehead atoms. The van der Waals surface area contributed by atoms with E-state index in [2.05, 4.69) is 4.98 Å². The molecule has 1 saturated carbocycles. The molecule has 1 aliphatic rings. The summed E-state index contributed by atoms with van der Waals surface area (Å²) < 4.78 is 16.2. The first-order chi connectivity index (χ1) is 15.9. The monoisotopic (exact) mass is 466 g/mol. The first kappa shape index (κ1) is 22.8. The van der Waals surface area contributed by atoms with Gasteiger partial charge < -0.3 is 19.9 Å². The summed E-state index contributed by atoms with van der Waals surface area (Å²) in [6, 6.07) is 12.9. The van der Waals surface area contributed by atoms with Gasteiger partial charge in [-0.25, -0.2) is 9.78 Å². The van der Waals surface area contributed by atoms with Crippen molar-refractivity contribution < 1.29 is 23.8 Å². The van der Waals surface area contributed by atoms with Crippen LogP contribution in [-0.4, -0.2) is 37.7 Å². The number of methoxy groups -OCH3 is 2. The summed E-state index contributed by atoms with van der Waals surface area (Å²) in [5.74, 6) is -0.488. The number of nitrogens with zero attached hydrogens (tertiary/aromatic N) is 1. The van der Waals surface area contributed by atoms with Crippen LogP contribution in [0.25, 0.3) is 10.4 Å². The Hall–Kier alpha value is -3.39. The van der Waals surface area contributed by atoms with E-state index in [0.717, 1.165) is 24.0 Å². The van der Waals surface area contributed by atoms with Gasteiger partial charge in [0.1, 0.15) is 10.9 Å². The topological polar surface area (TPSA) is 101 Å². The maximum Gasteiger partial charge on any atom is 0.358 e. The number of hydrogen-bond acceptors (Lipinski definition) is 7. The molecule has 0 aliphatic heterocycles. The molecule has 172 valence electrons. The molecular weight excluding hydrogens is 440 g/mol. The van der Waals surface area contributed by atoms with E-state index in [1.54, 1.807) is 18.2 Å². The zero-order chi connectivity index (χ0) is 23.5. The minimum atomic E-state index is -0.858. The Balaban J connectivity index is 1.78. The van der Waals surface area contributed by atoms with Gasteiger partial charge in [-0.1, -0.05) is 35.9 Å². The lowest BCUT2D eigenvalue weighted by Crippen LogP contribution is -2.22. The molecule has 1 aromatic heterocycles. The van der Waals surface area contributed by atoms with Crippen molar-refractivity contribution in [2.75, 3.05) is 20.8 Å². The third-order valence-electron chi connectivity index (χ3n) is 5.54. The third kappa shape index (κ3) is 5.01. The molecule has 1 heterocycles. The number of benzene rings is 2. The number of aromatic nitrogens is 1. The lowest BCUT2D eigenvalue weighted by Gasteiger charge is -2.14. The van der Waals surface area contributed by atoms with Crippen molar-refractivity contribution in [2.45, 2.75) is 25.7 Å². The summed E-state index contributed by atoms with van der Waals surface area (Å²) in [4.78, 5) is 30.7. The zero-order valence-electron chi connectivity index (χ0n) is 18.8. The second kappa shape index (κ2) is 9.62. The highest BCUT2D eigenvalue weighted by atomic mass is 32.1. The number of carbonyl (C=O) groups is 2. The van der Waals surface area contributed by atoms with Gasteiger partial charge in [0.25, 0.3) is 0 Å². The van der Waals surface area contributed by atoms with Crippen LogP contribution in [0.4, 0.5) is 0 Å². The number of carbonyl (C=O) groups excluding carboxylic acids is 2. The molecule has 1 atom stereocenters. The molecule has 1 aliphatic carbocycles. The smallest absolute Gasteiger partial charge is 0.358 e. The lowest BCUT2D eigenvalue weighted by molar-refractivity contribution is -0.118. The van der Waals surface area contributed by atoms with Gasteiger partial charge in [-0.2, -0.15) is 0 Å². The highest BCUT2D eigenvalue weighted by molar-refractivity contribution is 7.15. The van der Waals surface area contributed by atoms with E-state index in [9.17, 15) is 9.59 Å². The first-order valence-electron chi connectivity index (χ1n) is 10.7. The fourth-order valence-corrected chi connectivity index (χ4v) is 4.77. The molecular formula is C25H26N2O5S. The molecule has 1 fully saturated rings. The predicted molar refractivity (Wildman–Crippen MR) is 126 cm³/mol. The van der Waals surface area contributed by atoms with E-state index >= 15 is 0 Å². The van der Waals surface area contributed by atoms with Gasteiger partial charge in [0, 0.05) is 0 Å². The second-order valence-corrected chi connectivity index (χ2v) is 9.12. The summed E-state index contributed by atoms with van der Waals surface area (Å²) in [5.41, 5.74) is 8.50. The highest BCUT2D eigenvalue weighted by Gasteiger charge is 2.31. The number of thiazole rings is 1. The van der Waals surface area contributed by atoms with E-state index in [1.165, 1.54) is 25.6 Å². The molecule has 33 heavy (non-hydrogen) atoms. The van der Waals surface area contributed by atoms with Gasteiger partial charge in [0.2, 0.25) is 5.91 Å². The van der Waals surface area contributed by atoms with E-state index in [4.69, 9.17) is 19.9 Å². The van der Waals surface area contributed by atoms with Crippen molar-refractivity contribution in [3.05, 3.63) is 64.3 Å². The Morgan fingerprint density at radius 2 is 1.88 bits per heavy atom. The first-order valence-corrected chi connectivity index (χ1v) is 11.5. The SMILES string of the molecule is COc1ccc(C(C(N)=O)c2nc(C(=O)OCC3CC3)c(-c3cccc(C)c3)s2)cc1OC. The minimum Gasteiger partial charge on any atom is -0.493 e. The summed E-state index contributed by atoms with van der Waals surface area (Å²) in [5, 5.41) is 0.421. The predicted octanol–water partition coefficient (Wildman–Crippen LogP) is 4.32. The van der Waals surface area contributed by atoms with Crippen LogP contribution in [0, 0.1) is 12.8 Å². The van der Waals surface area contributed by atoms with Gasteiger partial charge in [-0.3, -0.25) is 4.79 Å². The standard InChI is InChI=1S/C25H26N2O5S/c1-14-5-4-6-17(11-14)22-21(25(29)32-13-15-7-8-15)27-24(33-22)20(23(26)28)16-9-10-18(30-2)19(12-16)31-3/h4-6,9-12,15,20H,7-8,13H2,1-3H3,(H2,26,28). The minimum absolute atomic E-state index is 0.202. The third-order valence-corrected chi connectivity index (χ3v) is 6.71. The number of ether oxygens (including phenoxy) is 3. The maximum absolute atomic E-state index is 13.0. The van der Waals surface area contributed by atoms with Crippen LogP contribution < -0.4 is 15.2 Å². The Morgan fingerprint density at radius 3 is 2.52 bits per heavy atom. The van der Waals surface area contributed by atoms with E-state index in [1.807, 2.05) is 31.2 Å². The number of primary amides is 1. The Kier molecular flexibility index (Phi) is 6.65. The van der Waals surface area contributed by atoms with Gasteiger partial charge in [-0.15, -0.1) is 11.3 Å². The molecule has 1 amide bonds. The fraction of sp³-hybridized carbons (Fsp3) is 0.320. The number of amides is 1. The lowest BCUT2D eigenvalue weighted by atomic mass is 9.98. The van der Waals surface area contributed by atoms with Gasteiger partial charge in [0.05, 0.1) is 25.7 Å². The quantitative estimate of drug-likeness (QED) is 0.472. The Morgan fingerprint density at radius 1 is 1.12 bits per heavy atom. The molecule has 3 aromatic rings. The van der Waals surface area contributed by atoms with Crippen LogP contribution in [0.5, 0.6) is 11.5 Å². The normalized spacial score (nSPS) is 13.9. The van der Waals surface area contributed by atoms with Crippen molar-refractivity contribution in [3.8, 4) is 21.9 Å². The van der Waals surface area contributed by atoms with Crippen LogP contribution in [0.3, 0.4) is 0 Å². The average Bonchev–Trinajstić information content (AvgIpc) is 3.54. The zero-order valence-corrected chi connectivity index (χ0v) is 19.6. The van der Waals surface area contributed by atoms with Crippen LogP contribution in [-0.2, 0) is 9.53 Å². The van der Waals surface area contributed by atoms with Crippen LogP contribution in [0.1, 0.15) is 45.4 Å². The van der Waals surface area contributed by atoms with Crippen LogP contribution in [0.15, 0.2) is 42.5 Å². The van der Waals surface area contributed by atoms with Gasteiger partial charge in [-0.05, 0) is 48.9 Å². The van der Waals surface area contributed by atoms with E-state index in [0.29, 0.717) is 39.5 Å². The summed E-state index contributed by atoms with van der Waals surface area (Å²) in [7, 11) is 3.06. The summed E-state index contributed by atoms with van der Waals surface area (Å²) in [6.07, 6.45) is 2.15. The summed E-state index contributed by atoms with van der Waals surface area (Å²) >= 11 is 1.27. The van der Waals surface area contributed by atoms with Crippen molar-refractivity contribution in [2.24, 2.45) is 11.7 Å². The number of rotatable bonds is 9. The number of esters is 1. The molecule has 8 heteroatoms. The largest absolute Gasteiger partial charge is 0.493 e. The summed E-state index contributed by atoms with van der Waals surface area (Å²) in [6.45, 7) is 2.36. The number of hydrogen-bond donors (Lipinski definition) is 1. The Labute approximate surface area is 196 Å². The maximum atomic E-state index is 13.0. The van der Waals surface area contributed by atoms with Crippen LogP contribution in [0.2, 0.25) is 0 Å². The van der Waals surface area contributed by atoms with Crippen molar-refractivity contribution in [3.63, 3.8) is 0 Å². The van der Waals surface area contributed by atoms with Crippen LogP contribution >= 0.6 is 11.3 Å². The van der Waals surface area contributed by atoms with Crippen molar-refractivity contribution in [1.29, 1.82) is 0 Å². The fourth-order valence-electron chi connectivity index (χ4n) is 3.59. The Bertz CT molecular complexity index is 1190. The van der Waals surface area contributed by atoms with Crippen molar-refractivity contribution >= 4 is 23.2 Å². The molecule has 2 N–H and O–H groups in total. The average molecular weight is 467 g/mol. The van der Waals surface area contributed by atoms with E-state index < -0.39 is 17.8 Å². The van der Waals surface area contributed by atoms with Gasteiger partial charge in [0.15, 0.2) is 17.2 Å². The van der Waals surface area contributed by atoms with E-state index in [-0.39, 0.29) is 5.69 Å². The molecule has 0 saturated heterocycles. The van der Waals surface area contributed by atoms with Crippen molar-refractivity contribution in [1.82, 2.24) is 4.98 Å². The number of nitrogens with two attached hydrogens (primary N) is 1. The molecule has 4 rings (SSSR count). The van der Waals surface area contributed by atoms with Gasteiger partial charge >= 0.3 is 5.97 Å². The molecule has 7 nitrogen and oxygen atoms in total. The number of aryl methyl sites for hydroxylation is 1. The molecule has 0 radical (unpaired) electrons. The highest BCUT2D eigenvalue weighted by Crippen LogP contribution is 2.39. The molecule has 0 spiro atoms. The molecule has 1 unspecified atom stereocenters. The molecule has 2 aromatic carbocycles.